The Balaban J connectivity index is 2.76. The third-order valence-electron chi connectivity index (χ3n) is 1.56. The van der Waals surface area contributed by atoms with Gasteiger partial charge in [0.05, 0.1) is 22.3 Å². The number of hydrogen-bond acceptors (Lipinski definition) is 2. The van der Waals surface area contributed by atoms with Crippen LogP contribution in [0.5, 0.6) is 0 Å². The van der Waals surface area contributed by atoms with Crippen molar-refractivity contribution in [2.75, 3.05) is 18.9 Å². The van der Waals surface area contributed by atoms with E-state index < -0.39 is 0 Å². The summed E-state index contributed by atoms with van der Waals surface area (Å²) in [6.07, 6.45) is 0. The van der Waals surface area contributed by atoms with Crippen LogP contribution in [-0.2, 0) is 4.79 Å². The third-order valence-corrected chi connectivity index (χ3v) is 2.38. The summed E-state index contributed by atoms with van der Waals surface area (Å²) in [4.78, 5) is 11.2. The summed E-state index contributed by atoms with van der Waals surface area (Å²) < 4.78 is 0. The summed E-state index contributed by atoms with van der Waals surface area (Å²) >= 11 is 11.6. The fourth-order valence-corrected chi connectivity index (χ4v) is 1.30. The zero-order chi connectivity index (χ0) is 10.6. The zero-order valence-electron chi connectivity index (χ0n) is 7.60. The predicted octanol–water partition coefficient (Wildman–Crippen LogP) is 2.15. The fourth-order valence-electron chi connectivity index (χ4n) is 0.955. The second-order valence-electron chi connectivity index (χ2n) is 2.68. The highest BCUT2D eigenvalue weighted by Gasteiger charge is 2.06. The third kappa shape index (κ3) is 2.87. The molecule has 0 aromatic heterocycles. The van der Waals surface area contributed by atoms with Gasteiger partial charge in [-0.1, -0.05) is 29.3 Å². The molecule has 0 unspecified atom stereocenters. The molecule has 1 aromatic rings. The summed E-state index contributed by atoms with van der Waals surface area (Å²) in [5, 5.41) is 6.15. The van der Waals surface area contributed by atoms with Gasteiger partial charge in [0.1, 0.15) is 0 Å². The lowest BCUT2D eigenvalue weighted by Gasteiger charge is -2.07. The number of hydrogen-bond donors (Lipinski definition) is 2. The van der Waals surface area contributed by atoms with Crippen molar-refractivity contribution in [2.45, 2.75) is 0 Å². The minimum Gasteiger partial charge on any atom is -0.324 e. The SMILES string of the molecule is CNCC(=O)Nc1cccc(Cl)c1Cl. The zero-order valence-corrected chi connectivity index (χ0v) is 9.12. The topological polar surface area (TPSA) is 41.1 Å². The van der Waals surface area contributed by atoms with Crippen LogP contribution >= 0.6 is 23.2 Å². The molecule has 0 fully saturated rings. The number of amides is 1. The first-order chi connectivity index (χ1) is 6.65. The highest BCUT2D eigenvalue weighted by Crippen LogP contribution is 2.29. The molecular weight excluding hydrogens is 223 g/mol. The smallest absolute Gasteiger partial charge is 0.238 e. The normalized spacial score (nSPS) is 9.93. The summed E-state index contributed by atoms with van der Waals surface area (Å²) in [5.74, 6) is -0.156. The highest BCUT2D eigenvalue weighted by atomic mass is 35.5. The maximum absolute atomic E-state index is 11.2. The minimum atomic E-state index is -0.156. The van der Waals surface area contributed by atoms with Gasteiger partial charge in [0.2, 0.25) is 5.91 Å². The van der Waals surface area contributed by atoms with Crippen LogP contribution in [0.2, 0.25) is 10.0 Å². The molecule has 0 bridgehead atoms. The van der Waals surface area contributed by atoms with Crippen molar-refractivity contribution in [3.8, 4) is 0 Å². The van der Waals surface area contributed by atoms with Gasteiger partial charge < -0.3 is 10.6 Å². The molecule has 2 N–H and O–H groups in total. The summed E-state index contributed by atoms with van der Waals surface area (Å²) in [6, 6.07) is 5.09. The molecule has 0 heterocycles. The van der Waals surface area contributed by atoms with Gasteiger partial charge in [0.15, 0.2) is 0 Å². The first-order valence-corrected chi connectivity index (χ1v) is 4.79. The molecular formula is C9H10Cl2N2O. The Morgan fingerprint density at radius 2 is 2.14 bits per heavy atom. The van der Waals surface area contributed by atoms with Gasteiger partial charge in [0.25, 0.3) is 0 Å². The Labute approximate surface area is 92.4 Å². The van der Waals surface area contributed by atoms with E-state index in [0.717, 1.165) is 0 Å². The second-order valence-corrected chi connectivity index (χ2v) is 3.47. The molecule has 0 saturated carbocycles. The molecule has 0 radical (unpaired) electrons. The molecule has 0 spiro atoms. The number of nitrogens with one attached hydrogen (secondary N) is 2. The van der Waals surface area contributed by atoms with Gasteiger partial charge >= 0.3 is 0 Å². The maximum Gasteiger partial charge on any atom is 0.238 e. The van der Waals surface area contributed by atoms with Crippen molar-refractivity contribution in [1.29, 1.82) is 0 Å². The second kappa shape index (κ2) is 5.20. The predicted molar refractivity (Wildman–Crippen MR) is 59.0 cm³/mol. The van der Waals surface area contributed by atoms with Gasteiger partial charge in [-0.05, 0) is 19.2 Å². The van der Waals surface area contributed by atoms with Gasteiger partial charge in [-0.15, -0.1) is 0 Å². The number of anilines is 1. The number of halogens is 2. The summed E-state index contributed by atoms with van der Waals surface area (Å²) in [6.45, 7) is 0.239. The van der Waals surface area contributed by atoms with Crippen LogP contribution < -0.4 is 10.6 Å². The fraction of sp³-hybridized carbons (Fsp3) is 0.222. The summed E-state index contributed by atoms with van der Waals surface area (Å²) in [5.41, 5.74) is 0.527. The van der Waals surface area contributed by atoms with Crippen LogP contribution in [0.15, 0.2) is 18.2 Å². The van der Waals surface area contributed by atoms with E-state index in [4.69, 9.17) is 23.2 Å². The standard InChI is InChI=1S/C9H10Cl2N2O/c1-12-5-8(14)13-7-4-2-3-6(10)9(7)11/h2-4,12H,5H2,1H3,(H,13,14). The molecule has 5 heteroatoms. The average Bonchev–Trinajstić information content (AvgIpc) is 2.13. The quantitative estimate of drug-likeness (QED) is 0.839. The van der Waals surface area contributed by atoms with E-state index >= 15 is 0 Å². The average molecular weight is 233 g/mol. The lowest BCUT2D eigenvalue weighted by molar-refractivity contribution is -0.115. The van der Waals surface area contributed by atoms with Crippen LogP contribution in [0.1, 0.15) is 0 Å². The molecule has 0 aliphatic rings. The van der Waals surface area contributed by atoms with E-state index in [1.165, 1.54) is 0 Å². The van der Waals surface area contributed by atoms with E-state index in [1.54, 1.807) is 25.2 Å². The molecule has 1 amide bonds. The summed E-state index contributed by atoms with van der Waals surface area (Å²) in [7, 11) is 1.69. The van der Waals surface area contributed by atoms with E-state index in [9.17, 15) is 4.79 Å². The van der Waals surface area contributed by atoms with Gasteiger partial charge in [-0.25, -0.2) is 0 Å². The molecule has 3 nitrogen and oxygen atoms in total. The molecule has 0 atom stereocenters. The first kappa shape index (κ1) is 11.3. The van der Waals surface area contributed by atoms with Crippen molar-refractivity contribution in [3.63, 3.8) is 0 Å². The van der Waals surface area contributed by atoms with Crippen LogP contribution in [0.3, 0.4) is 0 Å². The lowest BCUT2D eigenvalue weighted by atomic mass is 10.3. The number of rotatable bonds is 3. The number of benzene rings is 1. The molecule has 76 valence electrons. The monoisotopic (exact) mass is 232 g/mol. The molecule has 0 aliphatic carbocycles. The van der Waals surface area contributed by atoms with Crippen molar-refractivity contribution in [1.82, 2.24) is 5.32 Å². The van der Waals surface area contributed by atoms with Crippen LogP contribution in [0.25, 0.3) is 0 Å². The number of likely N-dealkylation sites (N-methyl/N-ethyl adjacent to an activating group) is 1. The Kier molecular flexibility index (Phi) is 4.20. The Bertz CT molecular complexity index is 342. The minimum absolute atomic E-state index is 0.156. The maximum atomic E-state index is 11.2. The number of carbonyl (C=O) groups excluding carboxylic acids is 1. The Morgan fingerprint density at radius 3 is 2.79 bits per heavy atom. The van der Waals surface area contributed by atoms with Crippen LogP contribution in [-0.4, -0.2) is 19.5 Å². The van der Waals surface area contributed by atoms with E-state index in [-0.39, 0.29) is 12.5 Å². The van der Waals surface area contributed by atoms with Gasteiger partial charge in [-0.2, -0.15) is 0 Å². The lowest BCUT2D eigenvalue weighted by Crippen LogP contribution is -2.25. The molecule has 0 saturated heterocycles. The molecule has 1 rings (SSSR count). The van der Waals surface area contributed by atoms with Crippen LogP contribution in [0.4, 0.5) is 5.69 Å². The van der Waals surface area contributed by atoms with Gasteiger partial charge in [0, 0.05) is 0 Å². The van der Waals surface area contributed by atoms with Crippen molar-refractivity contribution in [2.24, 2.45) is 0 Å². The Hall–Kier alpha value is -0.770. The van der Waals surface area contributed by atoms with Crippen molar-refractivity contribution in [3.05, 3.63) is 28.2 Å². The van der Waals surface area contributed by atoms with Crippen molar-refractivity contribution >= 4 is 34.8 Å². The van der Waals surface area contributed by atoms with E-state index in [0.29, 0.717) is 15.7 Å². The molecule has 0 aliphatic heterocycles. The highest BCUT2D eigenvalue weighted by molar-refractivity contribution is 6.43. The largest absolute Gasteiger partial charge is 0.324 e. The molecule has 14 heavy (non-hydrogen) atoms. The number of carbonyl (C=O) groups is 1. The van der Waals surface area contributed by atoms with E-state index in [1.807, 2.05) is 0 Å². The van der Waals surface area contributed by atoms with E-state index in [2.05, 4.69) is 10.6 Å². The van der Waals surface area contributed by atoms with Crippen LogP contribution in [0, 0.1) is 0 Å². The van der Waals surface area contributed by atoms with Gasteiger partial charge in [-0.3, -0.25) is 4.79 Å². The first-order valence-electron chi connectivity index (χ1n) is 4.03. The van der Waals surface area contributed by atoms with Crippen molar-refractivity contribution < 1.29 is 4.79 Å². The molecule has 1 aromatic carbocycles. The Morgan fingerprint density at radius 1 is 1.43 bits per heavy atom.